The summed E-state index contributed by atoms with van der Waals surface area (Å²) in [6.07, 6.45) is 7.26. The van der Waals surface area contributed by atoms with Crippen LogP contribution in [0.3, 0.4) is 0 Å². The molecule has 4 aromatic rings. The standard InChI is InChI=1S/C28H20/c1-5-13-23(14-6-1)21-27(25-17-9-3-10-18-25)28(26-19-11-4-12-20-26)22-24-15-7-2-8-16-24/h1-20H/q-2. The third-order valence-corrected chi connectivity index (χ3v) is 4.46. The average molecular weight is 356 g/mol. The van der Waals surface area contributed by atoms with Gasteiger partial charge in [-0.15, -0.1) is 46.5 Å². The van der Waals surface area contributed by atoms with Gasteiger partial charge in [0.1, 0.15) is 0 Å². The smallest absolute Gasteiger partial charge is 0.0635 e. The Hall–Kier alpha value is -3.64. The van der Waals surface area contributed by atoms with Crippen LogP contribution >= 0.6 is 0 Å². The van der Waals surface area contributed by atoms with Crippen LogP contribution in [-0.2, 0) is 0 Å². The fourth-order valence-electron chi connectivity index (χ4n) is 3.10. The Morgan fingerprint density at radius 2 is 0.643 bits per heavy atom. The summed E-state index contributed by atoms with van der Waals surface area (Å²) in [5.74, 6) is 0. The number of hydrogen-bond acceptors (Lipinski definition) is 0. The van der Waals surface area contributed by atoms with E-state index in [0.29, 0.717) is 0 Å². The first-order chi connectivity index (χ1) is 13.9. The molecule has 0 spiro atoms. The molecule has 0 bridgehead atoms. The Morgan fingerprint density at radius 3 is 0.964 bits per heavy atom. The van der Waals surface area contributed by atoms with Gasteiger partial charge < -0.3 is 0 Å². The van der Waals surface area contributed by atoms with Crippen molar-refractivity contribution < 1.29 is 0 Å². The summed E-state index contributed by atoms with van der Waals surface area (Å²) in [7, 11) is 0. The third-order valence-electron chi connectivity index (χ3n) is 4.46. The minimum Gasteiger partial charge on any atom is -0.174 e. The molecule has 134 valence electrons. The Bertz CT molecular complexity index is 967. The van der Waals surface area contributed by atoms with Crippen LogP contribution in [0.1, 0.15) is 22.3 Å². The van der Waals surface area contributed by atoms with Crippen LogP contribution in [0.4, 0.5) is 0 Å². The molecule has 0 aromatic heterocycles. The van der Waals surface area contributed by atoms with Crippen molar-refractivity contribution in [3.63, 3.8) is 0 Å². The molecule has 0 fully saturated rings. The molecular weight excluding hydrogens is 336 g/mol. The average Bonchev–Trinajstić information content (AvgIpc) is 2.79. The summed E-state index contributed by atoms with van der Waals surface area (Å²) >= 11 is 0. The largest absolute Gasteiger partial charge is 0.174 e. The first-order valence-corrected chi connectivity index (χ1v) is 9.39. The monoisotopic (exact) mass is 356 g/mol. The van der Waals surface area contributed by atoms with E-state index < -0.39 is 0 Å². The van der Waals surface area contributed by atoms with Crippen LogP contribution in [0.2, 0.25) is 0 Å². The summed E-state index contributed by atoms with van der Waals surface area (Å²) in [6, 6.07) is 41.3. The highest BCUT2D eigenvalue weighted by Crippen LogP contribution is 2.32. The molecule has 0 saturated carbocycles. The molecular formula is C28H20-2. The van der Waals surface area contributed by atoms with Crippen molar-refractivity contribution in [2.75, 3.05) is 0 Å². The van der Waals surface area contributed by atoms with Crippen LogP contribution in [0.5, 0.6) is 0 Å². The van der Waals surface area contributed by atoms with Crippen molar-refractivity contribution >= 4 is 11.1 Å². The van der Waals surface area contributed by atoms with Gasteiger partial charge in [0.15, 0.2) is 0 Å². The minimum absolute atomic E-state index is 1.03. The van der Waals surface area contributed by atoms with Crippen molar-refractivity contribution in [3.8, 4) is 0 Å². The lowest BCUT2D eigenvalue weighted by molar-refractivity contribution is 1.51. The van der Waals surface area contributed by atoms with Crippen molar-refractivity contribution in [2.45, 2.75) is 0 Å². The molecule has 0 nitrogen and oxygen atoms in total. The van der Waals surface area contributed by atoms with Crippen molar-refractivity contribution in [2.24, 2.45) is 0 Å². The number of rotatable bonds is 5. The Kier molecular flexibility index (Phi) is 5.60. The molecule has 0 heteroatoms. The van der Waals surface area contributed by atoms with Gasteiger partial charge in [-0.3, -0.25) is 0 Å². The zero-order chi connectivity index (χ0) is 19.0. The van der Waals surface area contributed by atoms with E-state index in [9.17, 15) is 0 Å². The van der Waals surface area contributed by atoms with E-state index in [-0.39, 0.29) is 0 Å². The molecule has 0 amide bonds. The molecule has 0 aliphatic rings. The lowest BCUT2D eigenvalue weighted by atomic mass is 9.89. The lowest BCUT2D eigenvalue weighted by Gasteiger charge is -2.26. The second-order valence-corrected chi connectivity index (χ2v) is 6.46. The highest BCUT2D eigenvalue weighted by Gasteiger charge is 2.00. The molecule has 0 heterocycles. The van der Waals surface area contributed by atoms with Crippen LogP contribution in [0.15, 0.2) is 121 Å². The maximum Gasteiger partial charge on any atom is -0.0635 e. The summed E-state index contributed by atoms with van der Waals surface area (Å²) in [4.78, 5) is 0. The second kappa shape index (κ2) is 8.83. The first-order valence-electron chi connectivity index (χ1n) is 9.39. The van der Waals surface area contributed by atoms with Gasteiger partial charge in [-0.05, 0) is 0 Å². The zero-order valence-electron chi connectivity index (χ0n) is 15.5. The molecule has 0 aliphatic heterocycles. The van der Waals surface area contributed by atoms with Gasteiger partial charge in [0.2, 0.25) is 0 Å². The lowest BCUT2D eigenvalue weighted by Crippen LogP contribution is -1.94. The number of hydrogen-bond donors (Lipinski definition) is 0. The normalized spacial score (nSPS) is 12.0. The van der Waals surface area contributed by atoms with Crippen molar-refractivity contribution in [3.05, 3.63) is 156 Å². The molecule has 4 rings (SSSR count). The van der Waals surface area contributed by atoms with E-state index in [2.05, 4.69) is 84.9 Å². The Balaban J connectivity index is 1.94. The third kappa shape index (κ3) is 4.36. The highest BCUT2D eigenvalue weighted by atomic mass is 14.1. The number of allylic oxidation sites excluding steroid dienone is 2. The summed E-state index contributed by atoms with van der Waals surface area (Å²) in [5, 5.41) is 0. The molecule has 0 aliphatic carbocycles. The fourth-order valence-corrected chi connectivity index (χ4v) is 3.10. The van der Waals surface area contributed by atoms with Gasteiger partial charge in [0, 0.05) is 0 Å². The molecule has 0 atom stereocenters. The van der Waals surface area contributed by atoms with Gasteiger partial charge in [-0.25, -0.2) is 0 Å². The van der Waals surface area contributed by atoms with E-state index >= 15 is 0 Å². The van der Waals surface area contributed by atoms with Gasteiger partial charge >= 0.3 is 0 Å². The predicted molar refractivity (Wildman–Crippen MR) is 117 cm³/mol. The van der Waals surface area contributed by atoms with Crippen molar-refractivity contribution in [1.29, 1.82) is 0 Å². The van der Waals surface area contributed by atoms with Crippen LogP contribution in [0, 0.1) is 12.2 Å². The summed E-state index contributed by atoms with van der Waals surface area (Å²) in [6.45, 7) is 0. The van der Waals surface area contributed by atoms with E-state index in [1.165, 1.54) is 0 Å². The minimum atomic E-state index is 1.03. The van der Waals surface area contributed by atoms with E-state index in [0.717, 1.165) is 33.4 Å². The first kappa shape index (κ1) is 17.8. The van der Waals surface area contributed by atoms with E-state index in [1.807, 2.05) is 48.5 Å². The van der Waals surface area contributed by atoms with Crippen LogP contribution < -0.4 is 0 Å². The molecule has 4 aromatic carbocycles. The Labute approximate surface area is 167 Å². The summed E-state index contributed by atoms with van der Waals surface area (Å²) in [5.41, 5.74) is 6.39. The fraction of sp³-hybridized carbons (Fsp3) is 0. The van der Waals surface area contributed by atoms with Gasteiger partial charge in [0.05, 0.1) is 0 Å². The predicted octanol–water partition coefficient (Wildman–Crippen LogP) is 6.86. The van der Waals surface area contributed by atoms with E-state index in [4.69, 9.17) is 0 Å². The molecule has 28 heavy (non-hydrogen) atoms. The maximum absolute atomic E-state index is 3.63. The van der Waals surface area contributed by atoms with Crippen LogP contribution in [0.25, 0.3) is 11.1 Å². The van der Waals surface area contributed by atoms with E-state index in [1.54, 1.807) is 0 Å². The molecule has 0 N–H and O–H groups in total. The quantitative estimate of drug-likeness (QED) is 0.208. The Morgan fingerprint density at radius 1 is 0.357 bits per heavy atom. The van der Waals surface area contributed by atoms with Crippen molar-refractivity contribution in [1.82, 2.24) is 0 Å². The maximum atomic E-state index is 3.63. The zero-order valence-corrected chi connectivity index (χ0v) is 15.5. The second-order valence-electron chi connectivity index (χ2n) is 6.46. The van der Waals surface area contributed by atoms with Gasteiger partial charge in [-0.1, -0.05) is 97.1 Å². The summed E-state index contributed by atoms with van der Waals surface area (Å²) < 4.78 is 0. The van der Waals surface area contributed by atoms with Gasteiger partial charge in [0.25, 0.3) is 0 Å². The van der Waals surface area contributed by atoms with Crippen LogP contribution in [-0.4, -0.2) is 0 Å². The molecule has 0 radical (unpaired) electrons. The van der Waals surface area contributed by atoms with Gasteiger partial charge in [-0.2, -0.15) is 23.3 Å². The number of benzene rings is 4. The highest BCUT2D eigenvalue weighted by molar-refractivity contribution is 6.04. The SMILES string of the molecule is [C-](=C(C(=[C-]c1ccccc1)c1ccccc1)c1ccccc1)c1ccccc1. The molecule has 0 saturated heterocycles. The molecule has 0 unspecified atom stereocenters. The topological polar surface area (TPSA) is 0 Å².